The Kier molecular flexibility index (Phi) is 4.64. The van der Waals surface area contributed by atoms with Gasteiger partial charge in [0.1, 0.15) is 24.4 Å². The van der Waals surface area contributed by atoms with Gasteiger partial charge in [-0.1, -0.05) is 18.2 Å². The monoisotopic (exact) mass is 348 g/mol. The highest BCUT2D eigenvalue weighted by Crippen LogP contribution is 2.31. The third kappa shape index (κ3) is 3.05. The minimum absolute atomic E-state index is 0.202. The summed E-state index contributed by atoms with van der Waals surface area (Å²) < 4.78 is 5.98. The molecule has 0 aliphatic carbocycles. The number of aliphatic hydroxyl groups excluding tert-OH is 3. The topological polar surface area (TPSA) is 142 Å². The van der Waals surface area contributed by atoms with E-state index in [0.29, 0.717) is 4.57 Å². The molecule has 0 amide bonds. The number of aromatic nitrogens is 2. The second-order valence-electron chi connectivity index (χ2n) is 5.64. The molecular weight excluding hydrogens is 332 g/mol. The number of hydrogen-bond donors (Lipinski definition) is 4. The Bertz CT molecular complexity index is 889. The molecule has 3 rings (SSSR count). The lowest BCUT2D eigenvalue weighted by Gasteiger charge is -2.15. The average Bonchev–Trinajstić information content (AvgIpc) is 2.90. The maximum absolute atomic E-state index is 12.5. The quantitative estimate of drug-likeness (QED) is 0.522. The van der Waals surface area contributed by atoms with Crippen LogP contribution in [0.4, 0.5) is 0 Å². The van der Waals surface area contributed by atoms with E-state index in [-0.39, 0.29) is 11.1 Å². The molecule has 0 saturated carbocycles. The minimum atomic E-state index is -1.49. The molecule has 0 spiro atoms. The van der Waals surface area contributed by atoms with E-state index in [1.54, 1.807) is 18.2 Å². The summed E-state index contributed by atoms with van der Waals surface area (Å²) in [5.74, 6) is -0.671. The third-order valence-corrected chi connectivity index (χ3v) is 4.06. The lowest BCUT2D eigenvalue weighted by molar-refractivity contribution is -0.0233. The first-order valence-corrected chi connectivity index (χ1v) is 7.52. The standard InChI is InChI=1S/C16H16N2O7/c19-7-10-11(20)12(21)13(25-10)9-6-18(16(24)17-14(9)22)15(23)8-4-2-1-3-5-8/h1-6,10-13,19-21H,7H2,(H,17,22,24)/t10-,11+,12?,13+/m1/s1. The lowest BCUT2D eigenvalue weighted by Crippen LogP contribution is -2.38. The number of hydrogen-bond acceptors (Lipinski definition) is 7. The Balaban J connectivity index is 2.04. The summed E-state index contributed by atoms with van der Waals surface area (Å²) in [6.07, 6.45) is -4.27. The van der Waals surface area contributed by atoms with E-state index in [1.165, 1.54) is 12.1 Å². The van der Waals surface area contributed by atoms with Crippen LogP contribution in [0, 0.1) is 0 Å². The van der Waals surface area contributed by atoms with Gasteiger partial charge in [-0.2, -0.15) is 0 Å². The van der Waals surface area contributed by atoms with Gasteiger partial charge in [0.2, 0.25) is 0 Å². The molecule has 1 aliphatic heterocycles. The van der Waals surface area contributed by atoms with E-state index in [0.717, 1.165) is 6.20 Å². The first-order chi connectivity index (χ1) is 11.9. The van der Waals surface area contributed by atoms with Gasteiger partial charge in [-0.15, -0.1) is 0 Å². The minimum Gasteiger partial charge on any atom is -0.394 e. The largest absolute Gasteiger partial charge is 0.394 e. The molecule has 1 aromatic carbocycles. The smallest absolute Gasteiger partial charge is 0.335 e. The predicted octanol–water partition coefficient (Wildman–Crippen LogP) is -1.62. The van der Waals surface area contributed by atoms with Crippen LogP contribution in [0.25, 0.3) is 0 Å². The zero-order chi connectivity index (χ0) is 18.1. The number of carbonyl (C=O) groups excluding carboxylic acids is 1. The van der Waals surface area contributed by atoms with Gasteiger partial charge in [0.05, 0.1) is 12.2 Å². The summed E-state index contributed by atoms with van der Waals surface area (Å²) >= 11 is 0. The molecule has 2 heterocycles. The molecule has 1 unspecified atom stereocenters. The number of aliphatic hydroxyl groups is 3. The highest BCUT2D eigenvalue weighted by atomic mass is 16.6. The van der Waals surface area contributed by atoms with Gasteiger partial charge in [-0.3, -0.25) is 14.6 Å². The van der Waals surface area contributed by atoms with Crippen LogP contribution < -0.4 is 11.2 Å². The van der Waals surface area contributed by atoms with Crippen molar-refractivity contribution in [3.63, 3.8) is 0 Å². The van der Waals surface area contributed by atoms with Crippen molar-refractivity contribution < 1.29 is 24.9 Å². The number of carbonyl (C=O) groups is 1. The molecule has 1 aliphatic rings. The van der Waals surface area contributed by atoms with Crippen molar-refractivity contribution in [3.8, 4) is 0 Å². The molecule has 4 N–H and O–H groups in total. The summed E-state index contributed by atoms with van der Waals surface area (Å²) in [7, 11) is 0. The Hall–Kier alpha value is -2.59. The van der Waals surface area contributed by atoms with Gasteiger partial charge in [-0.25, -0.2) is 9.36 Å². The first kappa shape index (κ1) is 17.2. The van der Waals surface area contributed by atoms with E-state index in [1.807, 2.05) is 4.98 Å². The summed E-state index contributed by atoms with van der Waals surface area (Å²) in [6, 6.07) is 7.96. The average molecular weight is 348 g/mol. The zero-order valence-electron chi connectivity index (χ0n) is 12.9. The first-order valence-electron chi connectivity index (χ1n) is 7.52. The van der Waals surface area contributed by atoms with Gasteiger partial charge in [0.25, 0.3) is 11.5 Å². The van der Waals surface area contributed by atoms with Gasteiger partial charge in [-0.05, 0) is 12.1 Å². The van der Waals surface area contributed by atoms with Crippen molar-refractivity contribution in [2.24, 2.45) is 0 Å². The van der Waals surface area contributed by atoms with Crippen LogP contribution in [0.1, 0.15) is 22.0 Å². The third-order valence-electron chi connectivity index (χ3n) is 4.06. The SMILES string of the molecule is O=C(c1ccccc1)n1cc([C@@H]2O[C@H](CO)[C@H](O)C2O)c(=O)[nH]c1=O. The van der Waals surface area contributed by atoms with E-state index in [2.05, 4.69) is 0 Å². The van der Waals surface area contributed by atoms with Crippen LogP contribution in [0.3, 0.4) is 0 Å². The van der Waals surface area contributed by atoms with Crippen molar-refractivity contribution >= 4 is 5.91 Å². The van der Waals surface area contributed by atoms with E-state index >= 15 is 0 Å². The van der Waals surface area contributed by atoms with E-state index in [4.69, 9.17) is 9.84 Å². The second-order valence-corrected chi connectivity index (χ2v) is 5.64. The van der Waals surface area contributed by atoms with Crippen molar-refractivity contribution in [3.05, 3.63) is 68.5 Å². The number of nitrogens with one attached hydrogen (secondary N) is 1. The van der Waals surface area contributed by atoms with Crippen LogP contribution >= 0.6 is 0 Å². The molecule has 1 saturated heterocycles. The van der Waals surface area contributed by atoms with E-state index in [9.17, 15) is 24.6 Å². The molecule has 0 radical (unpaired) electrons. The van der Waals surface area contributed by atoms with Crippen LogP contribution in [-0.2, 0) is 4.74 Å². The van der Waals surface area contributed by atoms with E-state index < -0.39 is 48.2 Å². The zero-order valence-corrected chi connectivity index (χ0v) is 12.9. The maximum atomic E-state index is 12.5. The Labute approximate surface area is 140 Å². The normalized spacial score (nSPS) is 25.9. The molecular formula is C16H16N2O7. The number of nitrogens with zero attached hydrogens (tertiary/aromatic N) is 1. The van der Waals surface area contributed by atoms with Gasteiger partial charge < -0.3 is 20.1 Å². The lowest BCUT2D eigenvalue weighted by atomic mass is 10.0. The molecule has 1 aromatic heterocycles. The fourth-order valence-electron chi connectivity index (χ4n) is 2.72. The molecule has 25 heavy (non-hydrogen) atoms. The fourth-order valence-corrected chi connectivity index (χ4v) is 2.72. The Morgan fingerprint density at radius 1 is 1.16 bits per heavy atom. The Morgan fingerprint density at radius 2 is 1.84 bits per heavy atom. The molecule has 9 heteroatoms. The van der Waals surface area contributed by atoms with Crippen LogP contribution in [0.15, 0.2) is 46.1 Å². The van der Waals surface area contributed by atoms with Gasteiger partial charge in [0.15, 0.2) is 0 Å². The molecule has 132 valence electrons. The molecule has 0 bridgehead atoms. The van der Waals surface area contributed by atoms with Crippen molar-refractivity contribution in [1.29, 1.82) is 0 Å². The number of ether oxygens (including phenoxy) is 1. The number of rotatable bonds is 3. The highest BCUT2D eigenvalue weighted by Gasteiger charge is 2.44. The van der Waals surface area contributed by atoms with Crippen LogP contribution in [0.5, 0.6) is 0 Å². The number of aromatic amines is 1. The summed E-state index contributed by atoms with van der Waals surface area (Å²) in [4.78, 5) is 38.5. The van der Waals surface area contributed by atoms with Crippen molar-refractivity contribution in [1.82, 2.24) is 9.55 Å². The number of H-pyrrole nitrogens is 1. The Morgan fingerprint density at radius 3 is 2.44 bits per heavy atom. The van der Waals surface area contributed by atoms with Gasteiger partial charge in [0, 0.05) is 11.8 Å². The predicted molar refractivity (Wildman–Crippen MR) is 84.2 cm³/mol. The highest BCUT2D eigenvalue weighted by molar-refractivity contribution is 5.95. The van der Waals surface area contributed by atoms with Gasteiger partial charge >= 0.3 is 5.69 Å². The fraction of sp³-hybridized carbons (Fsp3) is 0.312. The second kappa shape index (κ2) is 6.73. The molecule has 1 fully saturated rings. The van der Waals surface area contributed by atoms with Crippen LogP contribution in [-0.4, -0.2) is 55.7 Å². The molecule has 4 atom stereocenters. The van der Waals surface area contributed by atoms with Crippen molar-refractivity contribution in [2.75, 3.05) is 6.61 Å². The summed E-state index contributed by atoms with van der Waals surface area (Å²) in [6.45, 7) is -0.560. The maximum Gasteiger partial charge on any atom is 0.335 e. The van der Waals surface area contributed by atoms with Crippen molar-refractivity contribution in [2.45, 2.75) is 24.4 Å². The molecule has 2 aromatic rings. The summed E-state index contributed by atoms with van der Waals surface area (Å²) in [5.41, 5.74) is -1.76. The number of benzene rings is 1. The molecule has 9 nitrogen and oxygen atoms in total. The van der Waals surface area contributed by atoms with Crippen LogP contribution in [0.2, 0.25) is 0 Å². The summed E-state index contributed by atoms with van der Waals surface area (Å²) in [5, 5.41) is 29.0.